The third kappa shape index (κ3) is 37.7. The predicted octanol–water partition coefficient (Wildman–Crippen LogP) is 9.47. The Morgan fingerprint density at radius 3 is 1.58 bits per heavy atom. The molecule has 0 saturated carbocycles. The van der Waals surface area contributed by atoms with Gasteiger partial charge in [-0.15, -0.1) is 0 Å². The number of aliphatic hydroxyl groups is 1. The molecule has 0 aromatic carbocycles. The summed E-state index contributed by atoms with van der Waals surface area (Å²) >= 11 is 0. The van der Waals surface area contributed by atoms with Crippen molar-refractivity contribution < 1.29 is 52.6 Å². The molecule has 0 amide bonds. The number of nitrogens with two attached hydrogens (primary N) is 1. The molecule has 0 aliphatic carbocycles. The Labute approximate surface area is 341 Å². The highest BCUT2D eigenvalue weighted by Gasteiger charge is 2.28. The van der Waals surface area contributed by atoms with Gasteiger partial charge in [0.1, 0.15) is 12.6 Å². The van der Waals surface area contributed by atoms with Gasteiger partial charge in [-0.05, 0) is 96.3 Å². The second-order valence-corrected chi connectivity index (χ2v) is 14.6. The maximum Gasteiger partial charge on any atom is 0.472 e. The Hall–Kier alpha value is -3.64. The number of carboxylic acids is 1. The molecule has 0 rings (SSSR count). The molecule has 0 spiro atoms. The summed E-state index contributed by atoms with van der Waals surface area (Å²) in [5.41, 5.74) is 5.31. The third-order valence-electron chi connectivity index (χ3n) is 7.98. The number of carbonyl (C=O) groups is 3. The van der Waals surface area contributed by atoms with E-state index in [1.54, 1.807) is 0 Å². The number of carboxylic acid groups (broad SMARTS) is 1. The van der Waals surface area contributed by atoms with Gasteiger partial charge in [0, 0.05) is 12.8 Å². The van der Waals surface area contributed by atoms with Crippen LogP contribution in [0.15, 0.2) is 97.2 Å². The van der Waals surface area contributed by atoms with Crippen molar-refractivity contribution in [2.24, 2.45) is 5.73 Å². The van der Waals surface area contributed by atoms with Crippen molar-refractivity contribution in [3.05, 3.63) is 97.2 Å². The fourth-order valence-electron chi connectivity index (χ4n) is 4.61. The minimum absolute atomic E-state index is 0.0842. The van der Waals surface area contributed by atoms with E-state index in [0.29, 0.717) is 19.3 Å². The lowest BCUT2D eigenvalue weighted by Crippen LogP contribution is -2.34. The molecule has 0 fully saturated rings. The lowest BCUT2D eigenvalue weighted by Gasteiger charge is -2.20. The summed E-state index contributed by atoms with van der Waals surface area (Å²) in [5.74, 6) is -2.55. The number of esters is 2. The zero-order valence-corrected chi connectivity index (χ0v) is 35.1. The fourth-order valence-corrected chi connectivity index (χ4v) is 5.39. The van der Waals surface area contributed by atoms with Gasteiger partial charge in [0.15, 0.2) is 6.10 Å². The third-order valence-corrected chi connectivity index (χ3v) is 8.93. The topological polar surface area (TPSA) is 192 Å². The molecule has 0 saturated heterocycles. The average molecular weight is 820 g/mol. The number of unbranched alkanes of at least 4 members (excludes halogenated alkanes) is 3. The van der Waals surface area contributed by atoms with E-state index >= 15 is 0 Å². The van der Waals surface area contributed by atoms with Gasteiger partial charge in [0.25, 0.3) is 0 Å². The Kier molecular flexibility index (Phi) is 35.5. The van der Waals surface area contributed by atoms with E-state index < -0.39 is 57.7 Å². The number of carbonyl (C=O) groups excluding carboxylic acids is 2. The van der Waals surface area contributed by atoms with Crippen LogP contribution in [0, 0.1) is 0 Å². The number of aliphatic carboxylic acids is 1. The van der Waals surface area contributed by atoms with Crippen molar-refractivity contribution in [2.75, 3.05) is 19.8 Å². The fraction of sp³-hybridized carbons (Fsp3) is 0.568. The summed E-state index contributed by atoms with van der Waals surface area (Å²) in [6.45, 7) is 2.27. The lowest BCUT2D eigenvalue weighted by atomic mass is 10.1. The van der Waals surface area contributed by atoms with Crippen LogP contribution in [0.25, 0.3) is 0 Å². The first-order chi connectivity index (χ1) is 27.5. The molecule has 0 aliphatic heterocycles. The van der Waals surface area contributed by atoms with Crippen molar-refractivity contribution in [1.82, 2.24) is 0 Å². The van der Waals surface area contributed by atoms with E-state index in [9.17, 15) is 28.9 Å². The Balaban J connectivity index is 4.60. The maximum atomic E-state index is 12.6. The quantitative estimate of drug-likeness (QED) is 0.0203. The van der Waals surface area contributed by atoms with E-state index in [-0.39, 0.29) is 18.9 Å². The molecule has 5 N–H and O–H groups in total. The van der Waals surface area contributed by atoms with Crippen LogP contribution >= 0.6 is 7.82 Å². The van der Waals surface area contributed by atoms with Crippen LogP contribution in [-0.2, 0) is 37.5 Å². The van der Waals surface area contributed by atoms with Crippen LogP contribution in [0.3, 0.4) is 0 Å². The Morgan fingerprint density at radius 1 is 0.614 bits per heavy atom. The van der Waals surface area contributed by atoms with Crippen molar-refractivity contribution in [3.8, 4) is 0 Å². The second-order valence-electron chi connectivity index (χ2n) is 13.2. The molecular formula is C44H70NO11P. The van der Waals surface area contributed by atoms with Gasteiger partial charge in [-0.2, -0.15) is 0 Å². The van der Waals surface area contributed by atoms with Crippen LogP contribution in [0.1, 0.15) is 123 Å². The summed E-state index contributed by atoms with van der Waals surface area (Å²) in [5, 5.41) is 18.4. The molecule has 0 heterocycles. The molecule has 0 aromatic heterocycles. The van der Waals surface area contributed by atoms with E-state index in [1.807, 2.05) is 19.1 Å². The summed E-state index contributed by atoms with van der Waals surface area (Å²) in [7, 11) is -4.75. The molecule has 1 unspecified atom stereocenters. The van der Waals surface area contributed by atoms with Crippen LogP contribution < -0.4 is 5.73 Å². The Morgan fingerprint density at radius 2 is 1.07 bits per heavy atom. The monoisotopic (exact) mass is 819 g/mol. The average Bonchev–Trinajstić information content (AvgIpc) is 3.19. The van der Waals surface area contributed by atoms with Crippen molar-refractivity contribution >= 4 is 25.7 Å². The van der Waals surface area contributed by atoms with Crippen molar-refractivity contribution in [2.45, 2.75) is 141 Å². The van der Waals surface area contributed by atoms with Crippen molar-refractivity contribution in [3.63, 3.8) is 0 Å². The number of aliphatic hydroxyl groups excluding tert-OH is 1. The zero-order valence-electron chi connectivity index (χ0n) is 34.2. The van der Waals surface area contributed by atoms with Gasteiger partial charge < -0.3 is 30.3 Å². The molecule has 57 heavy (non-hydrogen) atoms. The van der Waals surface area contributed by atoms with Crippen LogP contribution in [0.2, 0.25) is 0 Å². The van der Waals surface area contributed by atoms with E-state index in [2.05, 4.69) is 96.5 Å². The first-order valence-electron chi connectivity index (χ1n) is 20.3. The molecule has 322 valence electrons. The number of rotatable bonds is 36. The highest BCUT2D eigenvalue weighted by Crippen LogP contribution is 2.43. The highest BCUT2D eigenvalue weighted by atomic mass is 31.2. The minimum Gasteiger partial charge on any atom is -0.480 e. The number of ether oxygens (including phenoxy) is 2. The maximum absolute atomic E-state index is 12.6. The zero-order chi connectivity index (χ0) is 42.2. The molecule has 13 heteroatoms. The van der Waals surface area contributed by atoms with E-state index in [4.69, 9.17) is 24.8 Å². The van der Waals surface area contributed by atoms with E-state index in [1.165, 1.54) is 0 Å². The normalized spacial score (nSPS) is 15.3. The van der Waals surface area contributed by atoms with Crippen molar-refractivity contribution in [1.29, 1.82) is 0 Å². The van der Waals surface area contributed by atoms with Crippen LogP contribution in [0.5, 0.6) is 0 Å². The highest BCUT2D eigenvalue weighted by molar-refractivity contribution is 7.47. The molecule has 0 aliphatic rings. The molecule has 0 bridgehead atoms. The SMILES string of the molecule is CC/C=C\C/C=C\C/C=C\C/C=C\CCCCC(=O)O[C@H](COC(=O)CCC/C=C\C/C=C\C/C=C\C/C=C\CC[C@@H](O)CC)COP(=O)(O)OC[C@H](N)C(=O)O. The van der Waals surface area contributed by atoms with Gasteiger partial charge in [0.05, 0.1) is 19.3 Å². The molecule has 4 atom stereocenters. The predicted molar refractivity (Wildman–Crippen MR) is 227 cm³/mol. The smallest absolute Gasteiger partial charge is 0.472 e. The standard InChI is InChI=1S/C44H70NO11P/c1-3-5-6-7-8-9-10-11-12-17-20-23-26-29-32-35-43(48)56-40(37-54-57(51,52)55-38-41(45)44(49)50)36-53-42(47)34-31-28-25-22-19-16-14-13-15-18-21-24-27-30-33-39(46)4-2/h5-6,8-9,11-12,14-16,18,20,22-25,27,39-41,46H,3-4,7,10,13,17,19,21,26,28-38,45H2,1-2H3,(H,49,50)(H,51,52)/b6-5-,9-8-,12-11-,16-14-,18-15-,23-20-,25-22-,27-24-/t39-,40+,41-/m0/s1. The van der Waals surface area contributed by atoms with Gasteiger partial charge in [0.2, 0.25) is 0 Å². The molecule has 0 radical (unpaired) electrons. The number of hydrogen-bond acceptors (Lipinski definition) is 10. The summed E-state index contributed by atoms with van der Waals surface area (Å²) in [4.78, 5) is 45.8. The first-order valence-corrected chi connectivity index (χ1v) is 21.8. The number of allylic oxidation sites excluding steroid dienone is 16. The van der Waals surface area contributed by atoms with E-state index in [0.717, 1.165) is 77.0 Å². The summed E-state index contributed by atoms with van der Waals surface area (Å²) in [6, 6.07) is -1.55. The number of hydrogen-bond donors (Lipinski definition) is 4. The minimum atomic E-state index is -4.75. The van der Waals surface area contributed by atoms with Gasteiger partial charge in [-0.1, -0.05) is 111 Å². The van der Waals surface area contributed by atoms with Crippen LogP contribution in [0.4, 0.5) is 0 Å². The van der Waals surface area contributed by atoms with Gasteiger partial charge in [-0.25, -0.2) is 4.57 Å². The lowest BCUT2D eigenvalue weighted by molar-refractivity contribution is -0.161. The summed E-state index contributed by atoms with van der Waals surface area (Å²) < 4.78 is 32.5. The molecular weight excluding hydrogens is 749 g/mol. The Bertz CT molecular complexity index is 1350. The van der Waals surface area contributed by atoms with Gasteiger partial charge in [-0.3, -0.25) is 23.4 Å². The van der Waals surface area contributed by atoms with Gasteiger partial charge >= 0.3 is 25.7 Å². The molecule has 12 nitrogen and oxygen atoms in total. The molecule has 0 aromatic rings. The first kappa shape index (κ1) is 53.4. The number of phosphoric ester groups is 1. The summed E-state index contributed by atoms with van der Waals surface area (Å²) in [6.07, 6.45) is 44.3. The second kappa shape index (κ2) is 37.9. The number of phosphoric acid groups is 1. The van der Waals surface area contributed by atoms with Crippen LogP contribution in [-0.4, -0.2) is 71.1 Å². The largest absolute Gasteiger partial charge is 0.480 e.